The van der Waals surface area contributed by atoms with Crippen molar-refractivity contribution >= 4 is 46.6 Å². The molecule has 32 heavy (non-hydrogen) atoms. The summed E-state index contributed by atoms with van der Waals surface area (Å²) in [6.07, 6.45) is 0.488. The summed E-state index contributed by atoms with van der Waals surface area (Å²) in [5.74, 6) is -0.782. The zero-order valence-electron chi connectivity index (χ0n) is 16.9. The standard InChI is InChI=1S/C25H18ClN3O2S/c26-20-13-7-8-14-21(20)28-23(30)19(16-27)25-29(18-11-5-2-6-12-18)24(31)22(32-25)15-17-9-3-1-4-10-17/h1-14,22H,15H2,(H,28,30)/b25-19-/t22-/m1/s1. The van der Waals surface area contributed by atoms with E-state index in [2.05, 4.69) is 5.32 Å². The predicted molar refractivity (Wildman–Crippen MR) is 128 cm³/mol. The van der Waals surface area contributed by atoms with E-state index in [1.54, 1.807) is 36.4 Å². The van der Waals surface area contributed by atoms with Gasteiger partial charge in [-0.25, -0.2) is 0 Å². The lowest BCUT2D eigenvalue weighted by atomic mass is 10.1. The maximum atomic E-state index is 13.4. The molecular formula is C25H18ClN3O2S. The summed E-state index contributed by atoms with van der Waals surface area (Å²) in [4.78, 5) is 27.9. The van der Waals surface area contributed by atoms with E-state index in [9.17, 15) is 14.9 Å². The molecule has 2 amide bonds. The van der Waals surface area contributed by atoms with Crippen LogP contribution in [-0.2, 0) is 16.0 Å². The first-order valence-electron chi connectivity index (χ1n) is 9.88. The van der Waals surface area contributed by atoms with E-state index < -0.39 is 11.2 Å². The lowest BCUT2D eigenvalue weighted by Crippen LogP contribution is -2.30. The highest BCUT2D eigenvalue weighted by atomic mass is 35.5. The first-order chi connectivity index (χ1) is 15.6. The van der Waals surface area contributed by atoms with Crippen LogP contribution < -0.4 is 10.2 Å². The molecule has 0 radical (unpaired) electrons. The van der Waals surface area contributed by atoms with Crippen molar-refractivity contribution in [3.63, 3.8) is 0 Å². The fourth-order valence-electron chi connectivity index (χ4n) is 3.37. The second kappa shape index (κ2) is 9.73. The van der Waals surface area contributed by atoms with Gasteiger partial charge in [0.1, 0.15) is 16.7 Å². The van der Waals surface area contributed by atoms with Gasteiger partial charge in [0.2, 0.25) is 5.91 Å². The number of halogens is 1. The Labute approximate surface area is 195 Å². The maximum Gasteiger partial charge on any atom is 0.269 e. The number of carbonyl (C=O) groups is 2. The molecule has 1 saturated heterocycles. The molecule has 0 spiro atoms. The van der Waals surface area contributed by atoms with Crippen molar-refractivity contribution in [2.24, 2.45) is 0 Å². The molecule has 0 aromatic heterocycles. The summed E-state index contributed by atoms with van der Waals surface area (Å²) < 4.78 is 0. The number of hydrogen-bond donors (Lipinski definition) is 1. The third-order valence-electron chi connectivity index (χ3n) is 4.91. The Bertz CT molecular complexity index is 1220. The molecule has 1 atom stereocenters. The van der Waals surface area contributed by atoms with Gasteiger partial charge in [-0.2, -0.15) is 5.26 Å². The van der Waals surface area contributed by atoms with Crippen LogP contribution in [0.5, 0.6) is 0 Å². The summed E-state index contributed by atoms with van der Waals surface area (Å²) >= 11 is 7.39. The average Bonchev–Trinajstić information content (AvgIpc) is 3.12. The minimum Gasteiger partial charge on any atom is -0.320 e. The number of amides is 2. The first-order valence-corrected chi connectivity index (χ1v) is 11.1. The molecule has 1 aliphatic rings. The number of rotatable bonds is 5. The van der Waals surface area contributed by atoms with Gasteiger partial charge in [0, 0.05) is 5.69 Å². The van der Waals surface area contributed by atoms with E-state index in [-0.39, 0.29) is 11.5 Å². The molecule has 158 valence electrons. The average molecular weight is 460 g/mol. The molecule has 0 unspecified atom stereocenters. The van der Waals surface area contributed by atoms with Gasteiger partial charge in [-0.15, -0.1) is 0 Å². The van der Waals surface area contributed by atoms with Crippen LogP contribution in [0.1, 0.15) is 5.56 Å². The summed E-state index contributed by atoms with van der Waals surface area (Å²) in [7, 11) is 0. The van der Waals surface area contributed by atoms with Gasteiger partial charge in [-0.1, -0.05) is 84.0 Å². The Morgan fingerprint density at radius 3 is 2.28 bits per heavy atom. The maximum absolute atomic E-state index is 13.4. The first kappa shape index (κ1) is 21.7. The summed E-state index contributed by atoms with van der Waals surface area (Å²) in [5.41, 5.74) is 1.87. The van der Waals surface area contributed by atoms with E-state index in [0.717, 1.165) is 5.56 Å². The van der Waals surface area contributed by atoms with E-state index in [4.69, 9.17) is 11.6 Å². The van der Waals surface area contributed by atoms with E-state index in [1.807, 2.05) is 54.6 Å². The van der Waals surface area contributed by atoms with Gasteiger partial charge in [0.25, 0.3) is 5.91 Å². The number of carbonyl (C=O) groups excluding carboxylic acids is 2. The van der Waals surface area contributed by atoms with Crippen LogP contribution in [0, 0.1) is 11.3 Å². The van der Waals surface area contributed by atoms with Gasteiger partial charge in [0.15, 0.2) is 0 Å². The Morgan fingerprint density at radius 1 is 1.00 bits per heavy atom. The number of nitrogens with zero attached hydrogens (tertiary/aromatic N) is 2. The molecule has 3 aromatic rings. The fourth-order valence-corrected chi connectivity index (χ4v) is 4.87. The van der Waals surface area contributed by atoms with Crippen molar-refractivity contribution < 1.29 is 9.59 Å². The van der Waals surface area contributed by atoms with Crippen molar-refractivity contribution in [1.82, 2.24) is 0 Å². The molecule has 1 heterocycles. The quantitative estimate of drug-likeness (QED) is 0.409. The van der Waals surface area contributed by atoms with Crippen molar-refractivity contribution in [2.45, 2.75) is 11.7 Å². The van der Waals surface area contributed by atoms with Gasteiger partial charge >= 0.3 is 0 Å². The van der Waals surface area contributed by atoms with Crippen molar-refractivity contribution in [3.8, 4) is 6.07 Å². The monoisotopic (exact) mass is 459 g/mol. The number of thioether (sulfide) groups is 1. The van der Waals surface area contributed by atoms with Crippen LogP contribution in [0.2, 0.25) is 5.02 Å². The third kappa shape index (κ3) is 4.54. The second-order valence-corrected chi connectivity index (χ2v) is 8.63. The number of para-hydroxylation sites is 2. The van der Waals surface area contributed by atoms with Crippen LogP contribution in [0.25, 0.3) is 0 Å². The number of anilines is 2. The fraction of sp³-hybridized carbons (Fsp3) is 0.0800. The van der Waals surface area contributed by atoms with Gasteiger partial charge in [-0.3, -0.25) is 14.5 Å². The normalized spacial score (nSPS) is 17.1. The molecule has 0 aliphatic carbocycles. The third-order valence-corrected chi connectivity index (χ3v) is 6.50. The summed E-state index contributed by atoms with van der Waals surface area (Å²) in [6.45, 7) is 0. The van der Waals surface area contributed by atoms with Crippen LogP contribution in [-0.4, -0.2) is 17.1 Å². The molecule has 1 N–H and O–H groups in total. The molecule has 4 rings (SSSR count). The molecule has 1 aliphatic heterocycles. The minimum absolute atomic E-state index is 0.136. The molecule has 7 heteroatoms. The number of nitrogens with one attached hydrogen (secondary N) is 1. The van der Waals surface area contributed by atoms with E-state index >= 15 is 0 Å². The van der Waals surface area contributed by atoms with Crippen molar-refractivity contribution in [3.05, 3.63) is 106 Å². The Hall–Kier alpha value is -3.53. The van der Waals surface area contributed by atoms with Crippen LogP contribution in [0.4, 0.5) is 11.4 Å². The molecule has 0 saturated carbocycles. The minimum atomic E-state index is -0.614. The highest BCUT2D eigenvalue weighted by Gasteiger charge is 2.40. The Morgan fingerprint density at radius 2 is 1.62 bits per heavy atom. The van der Waals surface area contributed by atoms with Crippen molar-refractivity contribution in [2.75, 3.05) is 10.2 Å². The van der Waals surface area contributed by atoms with E-state index in [0.29, 0.717) is 27.8 Å². The van der Waals surface area contributed by atoms with E-state index in [1.165, 1.54) is 16.7 Å². The largest absolute Gasteiger partial charge is 0.320 e. The molecule has 3 aromatic carbocycles. The highest BCUT2D eigenvalue weighted by Crippen LogP contribution is 2.42. The second-order valence-electron chi connectivity index (χ2n) is 7.03. The summed E-state index contributed by atoms with van der Waals surface area (Å²) in [6, 6.07) is 27.5. The smallest absolute Gasteiger partial charge is 0.269 e. The highest BCUT2D eigenvalue weighted by molar-refractivity contribution is 8.05. The number of nitriles is 1. The lowest BCUT2D eigenvalue weighted by Gasteiger charge is -2.18. The zero-order chi connectivity index (χ0) is 22.5. The molecule has 1 fully saturated rings. The lowest BCUT2D eigenvalue weighted by molar-refractivity contribution is -0.117. The predicted octanol–water partition coefficient (Wildman–Crippen LogP) is 5.40. The number of benzene rings is 3. The Balaban J connectivity index is 1.72. The molecule has 0 bridgehead atoms. The summed E-state index contributed by atoms with van der Waals surface area (Å²) in [5, 5.41) is 12.8. The topological polar surface area (TPSA) is 73.2 Å². The van der Waals surface area contributed by atoms with Crippen LogP contribution in [0.3, 0.4) is 0 Å². The molecular weight excluding hydrogens is 442 g/mol. The van der Waals surface area contributed by atoms with Crippen LogP contribution in [0.15, 0.2) is 95.5 Å². The van der Waals surface area contributed by atoms with Gasteiger partial charge in [0.05, 0.1) is 16.0 Å². The van der Waals surface area contributed by atoms with Gasteiger partial charge in [-0.05, 0) is 36.2 Å². The Kier molecular flexibility index (Phi) is 6.60. The van der Waals surface area contributed by atoms with Gasteiger partial charge < -0.3 is 5.32 Å². The number of hydrogen-bond acceptors (Lipinski definition) is 4. The van der Waals surface area contributed by atoms with Crippen molar-refractivity contribution in [1.29, 1.82) is 5.26 Å². The zero-order valence-corrected chi connectivity index (χ0v) is 18.4. The molecule has 5 nitrogen and oxygen atoms in total. The van der Waals surface area contributed by atoms with Crippen LogP contribution >= 0.6 is 23.4 Å². The SMILES string of the molecule is N#C/C(C(=O)Nc1ccccc1Cl)=C1/S[C@H](Cc2ccccc2)C(=O)N1c1ccccc1.